The monoisotopic (exact) mass is 304 g/mol. The Morgan fingerprint density at radius 2 is 1.84 bits per heavy atom. The van der Waals surface area contributed by atoms with Gasteiger partial charge in [0.2, 0.25) is 0 Å². The molecule has 3 nitrogen and oxygen atoms in total. The van der Waals surface area contributed by atoms with E-state index in [2.05, 4.69) is 4.74 Å². The molecule has 1 aromatic carbocycles. The number of hydrogen-bond acceptors (Lipinski definition) is 3. The summed E-state index contributed by atoms with van der Waals surface area (Å²) in [7, 11) is -4.29. The van der Waals surface area contributed by atoms with E-state index in [0.29, 0.717) is 12.3 Å². The van der Waals surface area contributed by atoms with Crippen molar-refractivity contribution in [1.82, 2.24) is 0 Å². The smallest absolute Gasteiger partial charge is 0.417 e. The van der Waals surface area contributed by atoms with Crippen LogP contribution in [-0.2, 0) is 16.0 Å². The number of sulfone groups is 1. The SMILES string of the molecule is CS(=O)(=O)c1c(OCC(F)F)cccc1C(F)(F)F. The molecule has 0 heterocycles. The molecule has 1 aromatic rings. The highest BCUT2D eigenvalue weighted by molar-refractivity contribution is 7.90. The molecule has 0 bridgehead atoms. The maximum absolute atomic E-state index is 12.7. The van der Waals surface area contributed by atoms with Crippen molar-refractivity contribution >= 4 is 9.84 Å². The summed E-state index contributed by atoms with van der Waals surface area (Å²) in [5, 5.41) is 0. The van der Waals surface area contributed by atoms with Crippen LogP contribution in [0, 0.1) is 0 Å². The van der Waals surface area contributed by atoms with Crippen LogP contribution < -0.4 is 4.74 Å². The van der Waals surface area contributed by atoms with Crippen LogP contribution in [0.4, 0.5) is 22.0 Å². The van der Waals surface area contributed by atoms with E-state index in [-0.39, 0.29) is 0 Å². The predicted molar refractivity (Wildman–Crippen MR) is 56.1 cm³/mol. The number of halogens is 5. The third kappa shape index (κ3) is 4.05. The predicted octanol–water partition coefficient (Wildman–Crippen LogP) is 2.75. The average Bonchev–Trinajstić information content (AvgIpc) is 2.23. The van der Waals surface area contributed by atoms with Gasteiger partial charge in [0.05, 0.1) is 5.56 Å². The zero-order chi connectivity index (χ0) is 14.8. The first-order valence-corrected chi connectivity index (χ1v) is 6.74. The fourth-order valence-corrected chi connectivity index (χ4v) is 2.46. The van der Waals surface area contributed by atoms with Gasteiger partial charge >= 0.3 is 6.18 Å². The van der Waals surface area contributed by atoms with Crippen molar-refractivity contribution in [1.29, 1.82) is 0 Å². The molecule has 0 aliphatic rings. The molecule has 0 aliphatic heterocycles. The van der Waals surface area contributed by atoms with Gasteiger partial charge in [-0.15, -0.1) is 0 Å². The normalized spacial score (nSPS) is 12.8. The molecular weight excluding hydrogens is 295 g/mol. The number of alkyl halides is 5. The van der Waals surface area contributed by atoms with Gasteiger partial charge in [-0.1, -0.05) is 6.07 Å². The third-order valence-corrected chi connectivity index (χ3v) is 3.18. The van der Waals surface area contributed by atoms with E-state index in [4.69, 9.17) is 0 Å². The summed E-state index contributed by atoms with van der Waals surface area (Å²) in [4.78, 5) is -1.14. The Balaban J connectivity index is 3.40. The van der Waals surface area contributed by atoms with E-state index in [1.807, 2.05) is 0 Å². The Kier molecular flexibility index (Phi) is 4.39. The molecule has 0 aliphatic carbocycles. The Morgan fingerprint density at radius 1 is 1.26 bits per heavy atom. The quantitative estimate of drug-likeness (QED) is 0.803. The van der Waals surface area contributed by atoms with E-state index in [0.717, 1.165) is 12.1 Å². The number of hydrogen-bond donors (Lipinski definition) is 0. The Bertz CT molecular complexity index is 551. The number of benzene rings is 1. The minimum Gasteiger partial charge on any atom is -0.486 e. The maximum Gasteiger partial charge on any atom is 0.417 e. The first-order chi connectivity index (χ1) is 8.53. The summed E-state index contributed by atoms with van der Waals surface area (Å²) < 4.78 is 89.3. The highest BCUT2D eigenvalue weighted by Crippen LogP contribution is 2.38. The van der Waals surface area contributed by atoms with E-state index in [1.165, 1.54) is 0 Å². The van der Waals surface area contributed by atoms with E-state index in [1.54, 1.807) is 0 Å². The molecule has 0 fully saturated rings. The standard InChI is InChI=1S/C10H9F5O3S/c1-19(16,17)9-6(10(13,14)15)3-2-4-7(9)18-5-8(11)12/h2-4,8H,5H2,1H3. The van der Waals surface area contributed by atoms with Gasteiger partial charge in [-0.3, -0.25) is 0 Å². The van der Waals surface area contributed by atoms with Crippen LogP contribution in [0.25, 0.3) is 0 Å². The van der Waals surface area contributed by atoms with Crippen molar-refractivity contribution in [2.24, 2.45) is 0 Å². The van der Waals surface area contributed by atoms with E-state index in [9.17, 15) is 30.4 Å². The largest absolute Gasteiger partial charge is 0.486 e. The molecule has 108 valence electrons. The van der Waals surface area contributed by atoms with Crippen LogP contribution in [-0.4, -0.2) is 27.7 Å². The molecule has 0 spiro atoms. The summed E-state index contributed by atoms with van der Waals surface area (Å²) in [6, 6.07) is 2.33. The van der Waals surface area contributed by atoms with Crippen LogP contribution in [0.2, 0.25) is 0 Å². The fourth-order valence-electron chi connectivity index (χ4n) is 1.39. The van der Waals surface area contributed by atoms with Crippen LogP contribution in [0.5, 0.6) is 5.75 Å². The van der Waals surface area contributed by atoms with E-state index < -0.39 is 45.3 Å². The summed E-state index contributed by atoms with van der Waals surface area (Å²) in [5.41, 5.74) is -1.44. The van der Waals surface area contributed by atoms with Crippen LogP contribution in [0.3, 0.4) is 0 Å². The molecule has 9 heteroatoms. The van der Waals surface area contributed by atoms with Crippen molar-refractivity contribution < 1.29 is 35.1 Å². The third-order valence-electron chi connectivity index (χ3n) is 2.02. The first-order valence-electron chi connectivity index (χ1n) is 4.84. The summed E-state index contributed by atoms with van der Waals surface area (Å²) in [6.07, 6.45) is -7.31. The van der Waals surface area contributed by atoms with Gasteiger partial charge in [0.15, 0.2) is 9.84 Å². The molecule has 0 amide bonds. The number of rotatable bonds is 4. The Labute approximate surface area is 105 Å². The van der Waals surface area contributed by atoms with Gasteiger partial charge in [0.1, 0.15) is 17.3 Å². The topological polar surface area (TPSA) is 43.4 Å². The van der Waals surface area contributed by atoms with Crippen molar-refractivity contribution in [2.45, 2.75) is 17.5 Å². The first kappa shape index (κ1) is 15.7. The molecule has 0 saturated carbocycles. The molecule has 0 saturated heterocycles. The molecule has 0 radical (unpaired) electrons. The zero-order valence-electron chi connectivity index (χ0n) is 9.54. The summed E-state index contributed by atoms with van der Waals surface area (Å²) in [5.74, 6) is -0.738. The molecule has 1 rings (SSSR count). The van der Waals surface area contributed by atoms with Gasteiger partial charge < -0.3 is 4.74 Å². The second-order valence-electron chi connectivity index (χ2n) is 3.60. The minimum atomic E-state index is -4.93. The lowest BCUT2D eigenvalue weighted by atomic mass is 10.2. The highest BCUT2D eigenvalue weighted by Gasteiger charge is 2.38. The Morgan fingerprint density at radius 3 is 2.26 bits per heavy atom. The van der Waals surface area contributed by atoms with E-state index >= 15 is 0 Å². The van der Waals surface area contributed by atoms with Gasteiger partial charge in [0, 0.05) is 6.26 Å². The molecular formula is C10H9F5O3S. The average molecular weight is 304 g/mol. The Hall–Kier alpha value is -1.38. The van der Waals surface area contributed by atoms with Gasteiger partial charge in [0.25, 0.3) is 6.43 Å². The lowest BCUT2D eigenvalue weighted by Gasteiger charge is -2.15. The lowest BCUT2D eigenvalue weighted by Crippen LogP contribution is -2.16. The van der Waals surface area contributed by atoms with Crippen molar-refractivity contribution in [3.63, 3.8) is 0 Å². The second-order valence-corrected chi connectivity index (χ2v) is 5.56. The zero-order valence-corrected chi connectivity index (χ0v) is 10.4. The minimum absolute atomic E-state index is 0.547. The molecule has 0 aromatic heterocycles. The second kappa shape index (κ2) is 5.32. The maximum atomic E-state index is 12.7. The lowest BCUT2D eigenvalue weighted by molar-refractivity contribution is -0.140. The molecule has 0 unspecified atom stereocenters. The fraction of sp³-hybridized carbons (Fsp3) is 0.400. The number of ether oxygens (including phenoxy) is 1. The molecule has 0 atom stereocenters. The summed E-state index contributed by atoms with van der Waals surface area (Å²) in [6.45, 7) is -1.19. The van der Waals surface area contributed by atoms with Crippen LogP contribution in [0.15, 0.2) is 23.1 Å². The van der Waals surface area contributed by atoms with Gasteiger partial charge in [-0.2, -0.15) is 13.2 Å². The van der Waals surface area contributed by atoms with Crippen molar-refractivity contribution in [2.75, 3.05) is 12.9 Å². The summed E-state index contributed by atoms with van der Waals surface area (Å²) >= 11 is 0. The van der Waals surface area contributed by atoms with Crippen LogP contribution >= 0.6 is 0 Å². The highest BCUT2D eigenvalue weighted by atomic mass is 32.2. The van der Waals surface area contributed by atoms with Gasteiger partial charge in [-0.05, 0) is 12.1 Å². The van der Waals surface area contributed by atoms with Crippen molar-refractivity contribution in [3.8, 4) is 5.75 Å². The van der Waals surface area contributed by atoms with Crippen molar-refractivity contribution in [3.05, 3.63) is 23.8 Å². The molecule has 19 heavy (non-hydrogen) atoms. The molecule has 0 N–H and O–H groups in total. The van der Waals surface area contributed by atoms with Crippen LogP contribution in [0.1, 0.15) is 5.56 Å². The van der Waals surface area contributed by atoms with Gasteiger partial charge in [-0.25, -0.2) is 17.2 Å².